The zero-order valence-electron chi connectivity index (χ0n) is 9.68. The van der Waals surface area contributed by atoms with E-state index in [1.807, 2.05) is 30.3 Å². The number of nitrogens with two attached hydrogens (primary N) is 1. The van der Waals surface area contributed by atoms with Crippen LogP contribution in [0.3, 0.4) is 0 Å². The minimum Gasteiger partial charge on any atom is -0.379 e. The van der Waals surface area contributed by atoms with E-state index in [4.69, 9.17) is 5.73 Å². The molecule has 2 aromatic heterocycles. The fourth-order valence-corrected chi connectivity index (χ4v) is 1.69. The number of nitrogens with zero attached hydrogens (tertiary/aromatic N) is 4. The second-order valence-electron chi connectivity index (χ2n) is 3.84. The van der Waals surface area contributed by atoms with Gasteiger partial charge in [0.2, 0.25) is 5.82 Å². The molecule has 0 fully saturated rings. The van der Waals surface area contributed by atoms with Gasteiger partial charge in [0.1, 0.15) is 0 Å². The van der Waals surface area contributed by atoms with Crippen molar-refractivity contribution in [3.05, 3.63) is 46.4 Å². The highest BCUT2D eigenvalue weighted by Crippen LogP contribution is 2.19. The van der Waals surface area contributed by atoms with Gasteiger partial charge < -0.3 is 5.73 Å². The Morgan fingerprint density at radius 3 is 2.63 bits per heavy atom. The minimum absolute atomic E-state index is 0.0510. The lowest BCUT2D eigenvalue weighted by molar-refractivity contribution is 0.310. The molecule has 0 aliphatic heterocycles. The maximum atomic E-state index is 11.7. The molecule has 1 aromatic carbocycles. The zero-order valence-corrected chi connectivity index (χ0v) is 9.68. The summed E-state index contributed by atoms with van der Waals surface area (Å²) < 4.78 is 10.4. The van der Waals surface area contributed by atoms with Gasteiger partial charge in [-0.05, 0) is 15.9 Å². The van der Waals surface area contributed by atoms with Crippen LogP contribution in [0.15, 0.2) is 44.3 Å². The quantitative estimate of drug-likeness (QED) is 0.729. The van der Waals surface area contributed by atoms with E-state index in [0.29, 0.717) is 6.54 Å². The van der Waals surface area contributed by atoms with Crippen LogP contribution < -0.4 is 11.5 Å². The molecule has 2 heterocycles. The van der Waals surface area contributed by atoms with E-state index in [1.165, 1.54) is 4.57 Å². The summed E-state index contributed by atoms with van der Waals surface area (Å²) in [5.74, 6) is -0.357. The van der Waals surface area contributed by atoms with Crippen molar-refractivity contribution < 1.29 is 9.15 Å². The van der Waals surface area contributed by atoms with Crippen LogP contribution >= 0.6 is 0 Å². The molecule has 8 heteroatoms. The van der Waals surface area contributed by atoms with Crippen molar-refractivity contribution in [2.24, 2.45) is 0 Å². The van der Waals surface area contributed by atoms with Crippen molar-refractivity contribution in [1.82, 2.24) is 20.0 Å². The fourth-order valence-electron chi connectivity index (χ4n) is 1.69. The summed E-state index contributed by atoms with van der Waals surface area (Å²) in [6, 6.07) is 9.40. The van der Waals surface area contributed by atoms with Crippen LogP contribution in [0, 0.1) is 0 Å². The normalized spacial score (nSPS) is 10.7. The third kappa shape index (κ3) is 1.99. The van der Waals surface area contributed by atoms with Gasteiger partial charge in [0.15, 0.2) is 11.5 Å². The molecule has 0 bridgehead atoms. The SMILES string of the molecule is Nc1nonc1-c1noc(=O)n1Cc1ccccc1. The number of hydrogen-bond acceptors (Lipinski definition) is 7. The van der Waals surface area contributed by atoms with Gasteiger partial charge in [-0.1, -0.05) is 35.5 Å². The summed E-state index contributed by atoms with van der Waals surface area (Å²) in [6.45, 7) is 0.296. The molecule has 0 atom stereocenters. The Morgan fingerprint density at radius 2 is 1.95 bits per heavy atom. The Labute approximate surface area is 106 Å². The molecule has 0 unspecified atom stereocenters. The average Bonchev–Trinajstić information content (AvgIpc) is 2.99. The van der Waals surface area contributed by atoms with Crippen LogP contribution in [-0.2, 0) is 6.54 Å². The molecular weight excluding hydrogens is 250 g/mol. The summed E-state index contributed by atoms with van der Waals surface area (Å²) >= 11 is 0. The van der Waals surface area contributed by atoms with Crippen LogP contribution in [-0.4, -0.2) is 20.0 Å². The first kappa shape index (κ1) is 11.2. The predicted molar refractivity (Wildman–Crippen MR) is 64.0 cm³/mol. The van der Waals surface area contributed by atoms with Gasteiger partial charge in [0.25, 0.3) is 0 Å². The number of hydrogen-bond donors (Lipinski definition) is 1. The average molecular weight is 259 g/mol. The van der Waals surface area contributed by atoms with E-state index in [2.05, 4.69) is 24.6 Å². The second kappa shape index (κ2) is 4.41. The van der Waals surface area contributed by atoms with Crippen molar-refractivity contribution >= 4 is 5.82 Å². The standard InChI is InChI=1S/C11H9N5O3/c12-9-8(13-19-14-9)10-15-18-11(17)16(10)6-7-4-2-1-3-5-7/h1-5H,6H2,(H2,12,14). The van der Waals surface area contributed by atoms with E-state index < -0.39 is 5.76 Å². The number of aromatic nitrogens is 4. The molecule has 0 radical (unpaired) electrons. The summed E-state index contributed by atoms with van der Waals surface area (Å²) in [6.07, 6.45) is 0. The van der Waals surface area contributed by atoms with E-state index in [0.717, 1.165) is 5.56 Å². The highest BCUT2D eigenvalue weighted by molar-refractivity contribution is 5.61. The van der Waals surface area contributed by atoms with Gasteiger partial charge in [0.05, 0.1) is 6.54 Å². The molecule has 0 aliphatic rings. The van der Waals surface area contributed by atoms with Gasteiger partial charge >= 0.3 is 5.76 Å². The third-order valence-electron chi connectivity index (χ3n) is 2.60. The first-order chi connectivity index (χ1) is 9.25. The molecule has 8 nitrogen and oxygen atoms in total. The Kier molecular flexibility index (Phi) is 2.60. The lowest BCUT2D eigenvalue weighted by Gasteiger charge is -2.02. The van der Waals surface area contributed by atoms with Crippen LogP contribution in [0.25, 0.3) is 11.5 Å². The summed E-state index contributed by atoms with van der Waals surface area (Å²) in [5.41, 5.74) is 6.68. The Bertz CT molecular complexity index is 743. The topological polar surface area (TPSA) is 113 Å². The van der Waals surface area contributed by atoms with Crippen molar-refractivity contribution in [2.75, 3.05) is 5.73 Å². The van der Waals surface area contributed by atoms with Gasteiger partial charge in [0, 0.05) is 0 Å². The van der Waals surface area contributed by atoms with E-state index in [-0.39, 0.29) is 17.3 Å². The van der Waals surface area contributed by atoms with Gasteiger partial charge in [-0.25, -0.2) is 9.42 Å². The Balaban J connectivity index is 2.05. The number of benzene rings is 1. The van der Waals surface area contributed by atoms with Crippen LogP contribution in [0.5, 0.6) is 0 Å². The number of anilines is 1. The molecule has 3 rings (SSSR count). The highest BCUT2D eigenvalue weighted by Gasteiger charge is 2.19. The van der Waals surface area contributed by atoms with Gasteiger partial charge in [-0.2, -0.15) is 0 Å². The van der Waals surface area contributed by atoms with E-state index in [9.17, 15) is 4.79 Å². The Morgan fingerprint density at radius 1 is 1.16 bits per heavy atom. The van der Waals surface area contributed by atoms with Crippen molar-refractivity contribution in [2.45, 2.75) is 6.54 Å². The minimum atomic E-state index is -0.596. The summed E-state index contributed by atoms with van der Waals surface area (Å²) in [7, 11) is 0. The molecule has 2 N–H and O–H groups in total. The van der Waals surface area contributed by atoms with E-state index >= 15 is 0 Å². The first-order valence-electron chi connectivity index (χ1n) is 5.44. The van der Waals surface area contributed by atoms with Crippen LogP contribution in [0.4, 0.5) is 5.82 Å². The number of rotatable bonds is 3. The molecule has 0 saturated carbocycles. The van der Waals surface area contributed by atoms with Crippen molar-refractivity contribution in [3.63, 3.8) is 0 Å². The maximum Gasteiger partial charge on any atom is 0.442 e. The van der Waals surface area contributed by atoms with Gasteiger partial charge in [-0.15, -0.1) is 0 Å². The molecule has 19 heavy (non-hydrogen) atoms. The maximum absolute atomic E-state index is 11.7. The molecular formula is C11H9N5O3. The molecule has 0 amide bonds. The molecule has 96 valence electrons. The van der Waals surface area contributed by atoms with Gasteiger partial charge in [-0.3, -0.25) is 9.09 Å². The fraction of sp³-hybridized carbons (Fsp3) is 0.0909. The zero-order chi connectivity index (χ0) is 13.2. The first-order valence-corrected chi connectivity index (χ1v) is 5.44. The Hall–Kier alpha value is -2.90. The largest absolute Gasteiger partial charge is 0.442 e. The van der Waals surface area contributed by atoms with Crippen molar-refractivity contribution in [1.29, 1.82) is 0 Å². The summed E-state index contributed by atoms with van der Waals surface area (Å²) in [5, 5.41) is 10.7. The monoisotopic (exact) mass is 259 g/mol. The predicted octanol–water partition coefficient (Wildman–Crippen LogP) is 0.517. The van der Waals surface area contributed by atoms with Crippen molar-refractivity contribution in [3.8, 4) is 11.5 Å². The molecule has 3 aromatic rings. The third-order valence-corrected chi connectivity index (χ3v) is 2.60. The number of nitrogen functional groups attached to an aromatic ring is 1. The van der Waals surface area contributed by atoms with Crippen LogP contribution in [0.2, 0.25) is 0 Å². The van der Waals surface area contributed by atoms with E-state index in [1.54, 1.807) is 0 Å². The summed E-state index contributed by atoms with van der Waals surface area (Å²) in [4.78, 5) is 11.7. The lowest BCUT2D eigenvalue weighted by atomic mass is 10.2. The smallest absolute Gasteiger partial charge is 0.379 e. The lowest BCUT2D eigenvalue weighted by Crippen LogP contribution is -2.16. The molecule has 0 aliphatic carbocycles. The second-order valence-corrected chi connectivity index (χ2v) is 3.84. The molecule has 0 spiro atoms. The molecule has 0 saturated heterocycles. The highest BCUT2D eigenvalue weighted by atomic mass is 16.6. The van der Waals surface area contributed by atoms with Crippen LogP contribution in [0.1, 0.15) is 5.56 Å².